The fraction of sp³-hybridized carbons (Fsp3) is 0.286. The van der Waals surface area contributed by atoms with Gasteiger partial charge in [-0.05, 0) is 37.0 Å². The lowest BCUT2D eigenvalue weighted by atomic mass is 9.98. The van der Waals surface area contributed by atoms with Gasteiger partial charge in [-0.1, -0.05) is 56.6 Å². The van der Waals surface area contributed by atoms with Crippen molar-refractivity contribution < 1.29 is 14.5 Å². The van der Waals surface area contributed by atoms with Crippen molar-refractivity contribution in [1.29, 1.82) is 0 Å². The van der Waals surface area contributed by atoms with Crippen LogP contribution in [0, 0.1) is 6.92 Å². The van der Waals surface area contributed by atoms with Crippen LogP contribution in [0.15, 0.2) is 51.2 Å². The molecule has 0 spiro atoms. The third-order valence-corrected chi connectivity index (χ3v) is 5.35. The highest BCUT2D eigenvalue weighted by Crippen LogP contribution is 2.29. The lowest BCUT2D eigenvalue weighted by molar-refractivity contribution is -0.114. The molecule has 1 aliphatic rings. The molecule has 2 aromatic rings. The highest BCUT2D eigenvalue weighted by atomic mass is 79.9. The topological polar surface area (TPSA) is 72.3 Å². The van der Waals surface area contributed by atoms with Crippen molar-refractivity contribution in [2.45, 2.75) is 26.4 Å². The number of carbonyl (C=O) groups is 1. The van der Waals surface area contributed by atoms with E-state index in [2.05, 4.69) is 37.6 Å². The average molecular weight is 444 g/mol. The number of nitrogens with zero attached hydrogens (tertiary/aromatic N) is 2. The smallest absolute Gasteiger partial charge is 0.273 e. The maximum atomic E-state index is 12.2. The number of fused-ring (bicyclic) bond motifs is 1. The number of hydrogen-bond acceptors (Lipinski definition) is 5. The Morgan fingerprint density at radius 2 is 2.00 bits per heavy atom. The number of halogens is 1. The number of oxime groups is 2. The standard InChI is InChI=1S/C21H22BrN3O3/c1-13-6-4-8-15(20(25-27-3)21(26)23-2)16(13)12-28-24-18-11-10-14-7-5-9-17(22)19(14)18/h4-9H,10-12H2,1-3H3,(H,23,26)/b24-18+,25-20+. The number of nitrogens with one attached hydrogen (secondary N) is 1. The summed E-state index contributed by atoms with van der Waals surface area (Å²) >= 11 is 3.60. The molecular formula is C21H22BrN3O3. The fourth-order valence-corrected chi connectivity index (χ4v) is 3.92. The minimum absolute atomic E-state index is 0.203. The summed E-state index contributed by atoms with van der Waals surface area (Å²) in [5.74, 6) is -0.325. The Morgan fingerprint density at radius 3 is 2.75 bits per heavy atom. The number of likely N-dealkylation sites (N-methyl/N-ethyl adjacent to an activating group) is 1. The lowest BCUT2D eigenvalue weighted by Crippen LogP contribution is -2.29. The van der Waals surface area contributed by atoms with Gasteiger partial charge in [-0.15, -0.1) is 0 Å². The molecule has 0 aromatic heterocycles. The highest BCUT2D eigenvalue weighted by Gasteiger charge is 2.22. The summed E-state index contributed by atoms with van der Waals surface area (Å²) in [6.07, 6.45) is 1.79. The SMILES string of the molecule is CNC(=O)/C(=N/OC)c1cccc(C)c1CO/N=C1\CCc2cccc(Br)c21. The van der Waals surface area contributed by atoms with Crippen molar-refractivity contribution in [3.8, 4) is 0 Å². The fourth-order valence-electron chi connectivity index (χ4n) is 3.28. The van der Waals surface area contributed by atoms with E-state index in [9.17, 15) is 4.79 Å². The van der Waals surface area contributed by atoms with E-state index in [1.165, 1.54) is 12.7 Å². The summed E-state index contributed by atoms with van der Waals surface area (Å²) in [6.45, 7) is 2.19. The van der Waals surface area contributed by atoms with Crippen LogP contribution in [-0.4, -0.2) is 31.5 Å². The normalized spacial score (nSPS) is 14.7. The number of rotatable bonds is 6. The maximum Gasteiger partial charge on any atom is 0.273 e. The monoisotopic (exact) mass is 443 g/mol. The Labute approximate surface area is 172 Å². The molecule has 0 bridgehead atoms. The summed E-state index contributed by atoms with van der Waals surface area (Å²) in [5.41, 5.74) is 6.00. The predicted octanol–water partition coefficient (Wildman–Crippen LogP) is 3.72. The molecule has 0 aliphatic heterocycles. The van der Waals surface area contributed by atoms with Gasteiger partial charge in [-0.25, -0.2) is 0 Å². The maximum absolute atomic E-state index is 12.2. The van der Waals surface area contributed by atoms with Gasteiger partial charge >= 0.3 is 0 Å². The Hall–Kier alpha value is -2.67. The first-order valence-electron chi connectivity index (χ1n) is 8.95. The molecule has 0 radical (unpaired) electrons. The lowest BCUT2D eigenvalue weighted by Gasteiger charge is -2.13. The van der Waals surface area contributed by atoms with E-state index in [0.717, 1.165) is 39.7 Å². The Bertz CT molecular complexity index is 954. The highest BCUT2D eigenvalue weighted by molar-refractivity contribution is 9.10. The Balaban J connectivity index is 1.87. The zero-order chi connectivity index (χ0) is 20.1. The summed E-state index contributed by atoms with van der Waals surface area (Å²) < 4.78 is 1.02. The molecule has 6 nitrogen and oxygen atoms in total. The number of aryl methyl sites for hydroxylation is 2. The van der Waals surface area contributed by atoms with Crippen LogP contribution < -0.4 is 5.32 Å². The minimum Gasteiger partial charge on any atom is -0.398 e. The molecule has 0 atom stereocenters. The van der Waals surface area contributed by atoms with Gasteiger partial charge in [0.15, 0.2) is 5.71 Å². The molecule has 3 rings (SSSR count). The van der Waals surface area contributed by atoms with Crippen molar-refractivity contribution in [2.24, 2.45) is 10.3 Å². The van der Waals surface area contributed by atoms with E-state index < -0.39 is 0 Å². The molecule has 0 saturated carbocycles. The number of amides is 1. The largest absolute Gasteiger partial charge is 0.398 e. The average Bonchev–Trinajstić information content (AvgIpc) is 3.11. The summed E-state index contributed by atoms with van der Waals surface area (Å²) in [5, 5.41) is 10.9. The van der Waals surface area contributed by atoms with Gasteiger partial charge in [0.05, 0.1) is 5.71 Å². The molecule has 1 amide bonds. The van der Waals surface area contributed by atoms with E-state index in [1.54, 1.807) is 7.05 Å². The molecule has 146 valence electrons. The van der Waals surface area contributed by atoms with Crippen LogP contribution in [-0.2, 0) is 27.5 Å². The van der Waals surface area contributed by atoms with Gasteiger partial charge in [-0.3, -0.25) is 4.79 Å². The van der Waals surface area contributed by atoms with E-state index in [1.807, 2.05) is 37.3 Å². The number of hydrogen-bond donors (Lipinski definition) is 1. The van der Waals surface area contributed by atoms with Crippen LogP contribution in [0.3, 0.4) is 0 Å². The number of carbonyl (C=O) groups excluding carboxylic acids is 1. The molecule has 0 heterocycles. The molecule has 1 aliphatic carbocycles. The van der Waals surface area contributed by atoms with Gasteiger partial charge in [0.1, 0.15) is 13.7 Å². The predicted molar refractivity (Wildman–Crippen MR) is 113 cm³/mol. The first-order chi connectivity index (χ1) is 13.6. The van der Waals surface area contributed by atoms with Crippen molar-refractivity contribution in [2.75, 3.05) is 14.2 Å². The van der Waals surface area contributed by atoms with E-state index in [0.29, 0.717) is 5.56 Å². The van der Waals surface area contributed by atoms with Crippen molar-refractivity contribution in [3.05, 3.63) is 68.7 Å². The molecule has 0 unspecified atom stereocenters. The molecule has 0 saturated heterocycles. The van der Waals surface area contributed by atoms with Crippen LogP contribution >= 0.6 is 15.9 Å². The summed E-state index contributed by atoms with van der Waals surface area (Å²) in [6, 6.07) is 11.8. The zero-order valence-electron chi connectivity index (χ0n) is 16.1. The van der Waals surface area contributed by atoms with E-state index in [-0.39, 0.29) is 18.2 Å². The van der Waals surface area contributed by atoms with Crippen molar-refractivity contribution >= 4 is 33.3 Å². The van der Waals surface area contributed by atoms with Crippen LogP contribution in [0.1, 0.15) is 34.2 Å². The van der Waals surface area contributed by atoms with Gasteiger partial charge in [0, 0.05) is 28.2 Å². The third kappa shape index (κ3) is 4.09. The molecule has 28 heavy (non-hydrogen) atoms. The first kappa shape index (κ1) is 20.1. The molecule has 1 N–H and O–H groups in total. The number of benzene rings is 2. The Kier molecular flexibility index (Phi) is 6.46. The van der Waals surface area contributed by atoms with Gasteiger partial charge in [0.25, 0.3) is 5.91 Å². The van der Waals surface area contributed by atoms with Crippen LogP contribution in [0.4, 0.5) is 0 Å². The van der Waals surface area contributed by atoms with Gasteiger partial charge < -0.3 is 15.0 Å². The zero-order valence-corrected chi connectivity index (χ0v) is 17.7. The molecular weight excluding hydrogens is 422 g/mol. The van der Waals surface area contributed by atoms with Gasteiger partial charge in [0.2, 0.25) is 0 Å². The Morgan fingerprint density at radius 1 is 1.21 bits per heavy atom. The second-order valence-electron chi connectivity index (χ2n) is 6.39. The molecule has 2 aromatic carbocycles. The van der Waals surface area contributed by atoms with Gasteiger partial charge in [-0.2, -0.15) is 0 Å². The summed E-state index contributed by atoms with van der Waals surface area (Å²) in [4.78, 5) is 22.8. The van der Waals surface area contributed by atoms with E-state index in [4.69, 9.17) is 9.68 Å². The van der Waals surface area contributed by atoms with Crippen LogP contribution in [0.2, 0.25) is 0 Å². The van der Waals surface area contributed by atoms with Crippen LogP contribution in [0.5, 0.6) is 0 Å². The quantitative estimate of drug-likeness (QED) is 0.545. The summed E-state index contributed by atoms with van der Waals surface area (Å²) in [7, 11) is 2.97. The third-order valence-electron chi connectivity index (χ3n) is 4.69. The van der Waals surface area contributed by atoms with Crippen molar-refractivity contribution in [3.63, 3.8) is 0 Å². The van der Waals surface area contributed by atoms with Crippen molar-refractivity contribution in [1.82, 2.24) is 5.32 Å². The second kappa shape index (κ2) is 9.01. The molecule has 7 heteroatoms. The minimum atomic E-state index is -0.325. The second-order valence-corrected chi connectivity index (χ2v) is 7.24. The van der Waals surface area contributed by atoms with E-state index >= 15 is 0 Å². The van der Waals surface area contributed by atoms with Crippen LogP contribution in [0.25, 0.3) is 0 Å². The molecule has 0 fully saturated rings. The first-order valence-corrected chi connectivity index (χ1v) is 9.74.